The highest BCUT2D eigenvalue weighted by molar-refractivity contribution is 5.62. The summed E-state index contributed by atoms with van der Waals surface area (Å²) >= 11 is 0. The van der Waals surface area contributed by atoms with Gasteiger partial charge in [-0.05, 0) is 23.8 Å². The average molecular weight is 258 g/mol. The van der Waals surface area contributed by atoms with Gasteiger partial charge in [-0.3, -0.25) is 0 Å². The third-order valence-electron chi connectivity index (χ3n) is 3.57. The van der Waals surface area contributed by atoms with Crippen molar-refractivity contribution in [1.29, 1.82) is 0 Å². The first kappa shape index (κ1) is 13.7. The predicted molar refractivity (Wildman–Crippen MR) is 79.1 cm³/mol. The van der Waals surface area contributed by atoms with Crippen molar-refractivity contribution in [3.63, 3.8) is 0 Å². The van der Waals surface area contributed by atoms with E-state index in [2.05, 4.69) is 56.9 Å². The van der Waals surface area contributed by atoms with Crippen molar-refractivity contribution in [3.05, 3.63) is 35.5 Å². The third kappa shape index (κ3) is 2.80. The molecule has 19 heavy (non-hydrogen) atoms. The number of benzene rings is 1. The molecule has 0 aliphatic rings. The maximum absolute atomic E-state index is 5.68. The lowest BCUT2D eigenvalue weighted by Gasteiger charge is -2.09. The zero-order chi connectivity index (χ0) is 14.0. The second kappa shape index (κ2) is 5.47. The molecule has 0 saturated heterocycles. The third-order valence-corrected chi connectivity index (χ3v) is 3.57. The smallest absolute Gasteiger partial charge is 0.292 e. The molecule has 2 aromatic rings. The summed E-state index contributed by atoms with van der Waals surface area (Å²) in [6.45, 7) is 8.62. The van der Waals surface area contributed by atoms with Gasteiger partial charge in [0.2, 0.25) is 0 Å². The fourth-order valence-electron chi connectivity index (χ4n) is 2.15. The van der Waals surface area contributed by atoms with Crippen LogP contribution in [0.2, 0.25) is 0 Å². The molecule has 1 heterocycles. The van der Waals surface area contributed by atoms with Crippen molar-refractivity contribution < 1.29 is 4.42 Å². The molecule has 2 N–H and O–H groups in total. The number of oxazole rings is 1. The van der Waals surface area contributed by atoms with Gasteiger partial charge in [0.25, 0.3) is 6.01 Å². The number of anilines is 1. The second-order valence-electron chi connectivity index (χ2n) is 5.35. The molecule has 0 bridgehead atoms. The van der Waals surface area contributed by atoms with Crippen LogP contribution in [-0.4, -0.2) is 4.98 Å². The van der Waals surface area contributed by atoms with Crippen LogP contribution in [-0.2, 0) is 0 Å². The molecule has 0 aliphatic carbocycles. The molecule has 0 fully saturated rings. The Hall–Kier alpha value is -1.77. The number of nitrogen functional groups attached to an aromatic ring is 1. The maximum Gasteiger partial charge on any atom is 0.292 e. The molecule has 102 valence electrons. The highest BCUT2D eigenvalue weighted by Crippen LogP contribution is 2.31. The molecule has 0 aliphatic heterocycles. The SMILES string of the molecule is CCC(C)c1ccc(-c2oc(N)nc2C(C)C)cc1. The van der Waals surface area contributed by atoms with Crippen LogP contribution in [0.25, 0.3) is 11.3 Å². The molecule has 0 spiro atoms. The van der Waals surface area contributed by atoms with Crippen LogP contribution in [0.1, 0.15) is 57.2 Å². The summed E-state index contributed by atoms with van der Waals surface area (Å²) in [6, 6.07) is 8.74. The van der Waals surface area contributed by atoms with Crippen molar-refractivity contribution in [2.24, 2.45) is 0 Å². The highest BCUT2D eigenvalue weighted by Gasteiger charge is 2.16. The van der Waals surface area contributed by atoms with Crippen LogP contribution in [0.4, 0.5) is 6.01 Å². The Labute approximate surface area is 114 Å². The van der Waals surface area contributed by atoms with Crippen LogP contribution >= 0.6 is 0 Å². The predicted octanol–water partition coefficient (Wildman–Crippen LogP) is 4.56. The van der Waals surface area contributed by atoms with Crippen LogP contribution in [0.5, 0.6) is 0 Å². The van der Waals surface area contributed by atoms with E-state index in [1.54, 1.807) is 0 Å². The first-order chi connectivity index (χ1) is 9.02. The molecular weight excluding hydrogens is 236 g/mol. The summed E-state index contributed by atoms with van der Waals surface area (Å²) in [4.78, 5) is 4.27. The van der Waals surface area contributed by atoms with Crippen LogP contribution < -0.4 is 5.73 Å². The van der Waals surface area contributed by atoms with E-state index in [9.17, 15) is 0 Å². The Bertz CT molecular complexity index is 540. The Morgan fingerprint density at radius 2 is 1.79 bits per heavy atom. The summed E-state index contributed by atoms with van der Waals surface area (Å²) in [6.07, 6.45) is 1.14. The normalized spacial score (nSPS) is 12.9. The molecule has 1 aromatic heterocycles. The number of hydrogen-bond acceptors (Lipinski definition) is 3. The molecule has 0 amide bonds. The lowest BCUT2D eigenvalue weighted by molar-refractivity contribution is 0.592. The summed E-state index contributed by atoms with van der Waals surface area (Å²) in [5, 5.41) is 0. The van der Waals surface area contributed by atoms with Crippen LogP contribution in [0.3, 0.4) is 0 Å². The van der Waals surface area contributed by atoms with Gasteiger partial charge in [0.05, 0.1) is 5.69 Å². The summed E-state index contributed by atoms with van der Waals surface area (Å²) in [5.41, 5.74) is 8.99. The van der Waals surface area contributed by atoms with Crippen LogP contribution in [0.15, 0.2) is 28.7 Å². The topological polar surface area (TPSA) is 52.0 Å². The first-order valence-electron chi connectivity index (χ1n) is 6.89. The largest absolute Gasteiger partial charge is 0.423 e. The molecule has 2 rings (SSSR count). The van der Waals surface area contributed by atoms with Gasteiger partial charge in [-0.1, -0.05) is 52.0 Å². The highest BCUT2D eigenvalue weighted by atomic mass is 16.4. The summed E-state index contributed by atoms with van der Waals surface area (Å²) < 4.78 is 5.56. The monoisotopic (exact) mass is 258 g/mol. The number of rotatable bonds is 4. The number of aromatic nitrogens is 1. The van der Waals surface area contributed by atoms with Gasteiger partial charge in [0.1, 0.15) is 0 Å². The number of nitrogens with zero attached hydrogens (tertiary/aromatic N) is 1. The molecule has 1 aromatic carbocycles. The average Bonchev–Trinajstić information content (AvgIpc) is 2.80. The minimum Gasteiger partial charge on any atom is -0.423 e. The van der Waals surface area contributed by atoms with E-state index in [-0.39, 0.29) is 6.01 Å². The Balaban J connectivity index is 2.37. The number of hydrogen-bond donors (Lipinski definition) is 1. The fourth-order valence-corrected chi connectivity index (χ4v) is 2.15. The molecule has 0 saturated carbocycles. The van der Waals surface area contributed by atoms with Gasteiger partial charge < -0.3 is 10.2 Å². The van der Waals surface area contributed by atoms with E-state index < -0.39 is 0 Å². The molecular formula is C16H22N2O. The van der Waals surface area contributed by atoms with Crippen molar-refractivity contribution >= 4 is 6.01 Å². The lowest BCUT2D eigenvalue weighted by Crippen LogP contribution is -1.93. The first-order valence-corrected chi connectivity index (χ1v) is 6.89. The minimum atomic E-state index is 0.240. The van der Waals surface area contributed by atoms with Gasteiger partial charge in [-0.15, -0.1) is 0 Å². The standard InChI is InChI=1S/C16H22N2O/c1-5-11(4)12-6-8-13(9-7-12)15-14(10(2)3)18-16(17)19-15/h6-11H,5H2,1-4H3,(H2,17,18). The zero-order valence-electron chi connectivity index (χ0n) is 12.1. The Morgan fingerprint density at radius 1 is 1.16 bits per heavy atom. The Kier molecular flexibility index (Phi) is 3.93. The van der Waals surface area contributed by atoms with E-state index in [1.165, 1.54) is 5.56 Å². The van der Waals surface area contributed by atoms with Crippen LogP contribution in [0, 0.1) is 0 Å². The van der Waals surface area contributed by atoms with E-state index in [1.807, 2.05) is 0 Å². The fraction of sp³-hybridized carbons (Fsp3) is 0.438. The lowest BCUT2D eigenvalue weighted by atomic mass is 9.96. The molecule has 1 unspecified atom stereocenters. The second-order valence-corrected chi connectivity index (χ2v) is 5.35. The molecule has 3 heteroatoms. The Morgan fingerprint density at radius 3 is 2.32 bits per heavy atom. The van der Waals surface area contributed by atoms with Crippen molar-refractivity contribution in [3.8, 4) is 11.3 Å². The van der Waals surface area contributed by atoms with Gasteiger partial charge in [0.15, 0.2) is 5.76 Å². The van der Waals surface area contributed by atoms with Crippen molar-refractivity contribution in [2.75, 3.05) is 5.73 Å². The van der Waals surface area contributed by atoms with E-state index in [0.717, 1.165) is 23.4 Å². The van der Waals surface area contributed by atoms with Crippen molar-refractivity contribution in [2.45, 2.75) is 46.0 Å². The zero-order valence-corrected chi connectivity index (χ0v) is 12.1. The van der Waals surface area contributed by atoms with Gasteiger partial charge in [-0.25, -0.2) is 0 Å². The minimum absolute atomic E-state index is 0.240. The molecule has 3 nitrogen and oxygen atoms in total. The van der Waals surface area contributed by atoms with Gasteiger partial charge >= 0.3 is 0 Å². The van der Waals surface area contributed by atoms with E-state index in [4.69, 9.17) is 10.2 Å². The maximum atomic E-state index is 5.68. The van der Waals surface area contributed by atoms with Gasteiger partial charge in [0, 0.05) is 5.56 Å². The number of nitrogens with two attached hydrogens (primary N) is 1. The van der Waals surface area contributed by atoms with E-state index >= 15 is 0 Å². The molecule has 1 atom stereocenters. The summed E-state index contributed by atoms with van der Waals surface area (Å²) in [5.74, 6) is 1.67. The summed E-state index contributed by atoms with van der Waals surface area (Å²) in [7, 11) is 0. The van der Waals surface area contributed by atoms with Gasteiger partial charge in [-0.2, -0.15) is 4.98 Å². The quantitative estimate of drug-likeness (QED) is 0.874. The molecule has 0 radical (unpaired) electrons. The van der Waals surface area contributed by atoms with E-state index in [0.29, 0.717) is 11.8 Å². The van der Waals surface area contributed by atoms with Crippen molar-refractivity contribution in [1.82, 2.24) is 4.98 Å².